The summed E-state index contributed by atoms with van der Waals surface area (Å²) in [5, 5.41) is 3.91. The topological polar surface area (TPSA) is 73.1 Å². The molecule has 0 spiro atoms. The normalized spacial score (nSPS) is 10.7. The summed E-state index contributed by atoms with van der Waals surface area (Å²) < 4.78 is 16.4. The van der Waals surface area contributed by atoms with Gasteiger partial charge in [0.05, 0.1) is 24.9 Å². The van der Waals surface area contributed by atoms with E-state index in [1.807, 2.05) is 0 Å². The fraction of sp³-hybridized carbons (Fsp3) is 0.200. The summed E-state index contributed by atoms with van der Waals surface area (Å²) in [6.07, 6.45) is 1.48. The molecule has 116 valence electrons. The van der Waals surface area contributed by atoms with E-state index in [2.05, 4.69) is 26.5 Å². The van der Waals surface area contributed by atoms with Crippen molar-refractivity contribution in [2.24, 2.45) is 5.10 Å². The first-order chi connectivity index (χ1) is 10.5. The van der Waals surface area contributed by atoms with Gasteiger partial charge < -0.3 is 13.9 Å². The average Bonchev–Trinajstić information content (AvgIpc) is 2.94. The van der Waals surface area contributed by atoms with Gasteiger partial charge in [0.25, 0.3) is 0 Å². The van der Waals surface area contributed by atoms with Crippen molar-refractivity contribution in [1.82, 2.24) is 5.43 Å². The Bertz CT molecular complexity index is 710. The number of nitrogens with zero attached hydrogens (tertiary/aromatic N) is 1. The maximum Gasteiger partial charge on any atom is 0.307 e. The Labute approximate surface area is 136 Å². The van der Waals surface area contributed by atoms with Crippen molar-refractivity contribution in [3.05, 3.63) is 45.8 Å². The standard InChI is InChI=1S/C15H15BrN2O4/c1-9-4-5-12(22-9)15(19)18-17-8-10-6-11(16)14(21-3)7-13(10)20-2/h4-8H,1-3H3,(H,18,19). The Balaban J connectivity index is 2.13. The van der Waals surface area contributed by atoms with Crippen molar-refractivity contribution >= 4 is 28.1 Å². The molecule has 0 aliphatic heterocycles. The Morgan fingerprint density at radius 2 is 2.00 bits per heavy atom. The molecule has 7 heteroatoms. The van der Waals surface area contributed by atoms with E-state index < -0.39 is 5.91 Å². The van der Waals surface area contributed by atoms with Crippen LogP contribution in [0.2, 0.25) is 0 Å². The molecule has 0 saturated heterocycles. The molecule has 1 N–H and O–H groups in total. The molecule has 2 rings (SSSR count). The highest BCUT2D eigenvalue weighted by molar-refractivity contribution is 9.10. The molecule has 0 unspecified atom stereocenters. The summed E-state index contributed by atoms with van der Waals surface area (Å²) in [4.78, 5) is 11.8. The number of hydrogen-bond donors (Lipinski definition) is 1. The molecule has 0 aliphatic carbocycles. The van der Waals surface area contributed by atoms with Gasteiger partial charge in [-0.1, -0.05) is 0 Å². The second-order valence-corrected chi connectivity index (χ2v) is 5.19. The highest BCUT2D eigenvalue weighted by Gasteiger charge is 2.10. The number of aryl methyl sites for hydroxylation is 1. The maximum atomic E-state index is 11.8. The minimum atomic E-state index is -0.420. The van der Waals surface area contributed by atoms with Gasteiger partial charge in [-0.2, -0.15) is 5.10 Å². The van der Waals surface area contributed by atoms with E-state index in [-0.39, 0.29) is 5.76 Å². The van der Waals surface area contributed by atoms with Crippen LogP contribution in [0.3, 0.4) is 0 Å². The van der Waals surface area contributed by atoms with E-state index in [4.69, 9.17) is 13.9 Å². The number of hydrogen-bond acceptors (Lipinski definition) is 5. The Kier molecular flexibility index (Phi) is 5.21. The number of amides is 1. The summed E-state index contributed by atoms with van der Waals surface area (Å²) in [7, 11) is 3.11. The molecule has 0 fully saturated rings. The third-order valence-corrected chi connectivity index (χ3v) is 3.46. The van der Waals surface area contributed by atoms with E-state index >= 15 is 0 Å². The first-order valence-electron chi connectivity index (χ1n) is 6.36. The largest absolute Gasteiger partial charge is 0.496 e. The van der Waals surface area contributed by atoms with Gasteiger partial charge >= 0.3 is 5.91 Å². The van der Waals surface area contributed by atoms with E-state index in [0.29, 0.717) is 22.8 Å². The van der Waals surface area contributed by atoms with Crippen molar-refractivity contribution in [3.63, 3.8) is 0 Å². The molecule has 0 atom stereocenters. The molecule has 22 heavy (non-hydrogen) atoms. The van der Waals surface area contributed by atoms with Crippen LogP contribution in [0.15, 0.2) is 38.3 Å². The minimum Gasteiger partial charge on any atom is -0.496 e. The second-order valence-electron chi connectivity index (χ2n) is 4.34. The molecule has 2 aromatic rings. The number of methoxy groups -OCH3 is 2. The van der Waals surface area contributed by atoms with Crippen LogP contribution in [0.1, 0.15) is 21.9 Å². The number of hydrazone groups is 1. The van der Waals surface area contributed by atoms with Crippen molar-refractivity contribution in [3.8, 4) is 11.5 Å². The fourth-order valence-electron chi connectivity index (χ4n) is 1.76. The van der Waals surface area contributed by atoms with E-state index in [0.717, 1.165) is 4.47 Å². The first-order valence-corrected chi connectivity index (χ1v) is 7.15. The van der Waals surface area contributed by atoms with Crippen LogP contribution in [-0.4, -0.2) is 26.3 Å². The first kappa shape index (κ1) is 16.1. The van der Waals surface area contributed by atoms with Crippen LogP contribution < -0.4 is 14.9 Å². The van der Waals surface area contributed by atoms with Crippen LogP contribution in [0.25, 0.3) is 0 Å². The predicted molar refractivity (Wildman–Crippen MR) is 85.8 cm³/mol. The van der Waals surface area contributed by atoms with E-state index in [1.165, 1.54) is 6.21 Å². The van der Waals surface area contributed by atoms with Gasteiger partial charge in [-0.25, -0.2) is 5.43 Å². The Morgan fingerprint density at radius 3 is 2.59 bits per heavy atom. The van der Waals surface area contributed by atoms with E-state index in [1.54, 1.807) is 45.4 Å². The number of benzene rings is 1. The maximum absolute atomic E-state index is 11.8. The molecule has 0 bridgehead atoms. The average molecular weight is 367 g/mol. The van der Waals surface area contributed by atoms with Crippen molar-refractivity contribution in [2.45, 2.75) is 6.92 Å². The lowest BCUT2D eigenvalue weighted by Crippen LogP contribution is -2.16. The molecule has 0 radical (unpaired) electrons. The second kappa shape index (κ2) is 7.13. The van der Waals surface area contributed by atoms with Gasteiger partial charge in [0.15, 0.2) is 5.76 Å². The number of nitrogens with one attached hydrogen (secondary N) is 1. The predicted octanol–water partition coefficient (Wildman–Crippen LogP) is 3.13. The lowest BCUT2D eigenvalue weighted by molar-refractivity contribution is 0.0926. The molecule has 1 heterocycles. The van der Waals surface area contributed by atoms with Crippen molar-refractivity contribution < 1.29 is 18.7 Å². The van der Waals surface area contributed by atoms with Crippen LogP contribution in [0.4, 0.5) is 0 Å². The molecule has 6 nitrogen and oxygen atoms in total. The summed E-state index contributed by atoms with van der Waals surface area (Å²) in [5.74, 6) is 1.67. The smallest absolute Gasteiger partial charge is 0.307 e. The lowest BCUT2D eigenvalue weighted by atomic mass is 10.2. The van der Waals surface area contributed by atoms with Gasteiger partial charge in [0.1, 0.15) is 17.3 Å². The van der Waals surface area contributed by atoms with Gasteiger partial charge in [0, 0.05) is 11.6 Å². The number of furan rings is 1. The molecule has 0 aliphatic rings. The quantitative estimate of drug-likeness (QED) is 0.651. The van der Waals surface area contributed by atoms with Gasteiger partial charge in [0.2, 0.25) is 0 Å². The van der Waals surface area contributed by atoms with E-state index in [9.17, 15) is 4.79 Å². The Hall–Kier alpha value is -2.28. The third-order valence-electron chi connectivity index (χ3n) is 2.84. The zero-order valence-electron chi connectivity index (χ0n) is 12.3. The molecule has 1 aromatic heterocycles. The van der Waals surface area contributed by atoms with Crippen molar-refractivity contribution in [1.29, 1.82) is 0 Å². The molecule has 1 aromatic carbocycles. The minimum absolute atomic E-state index is 0.206. The van der Waals surface area contributed by atoms with Crippen LogP contribution in [0.5, 0.6) is 11.5 Å². The summed E-state index contributed by atoms with van der Waals surface area (Å²) in [6, 6.07) is 6.81. The van der Waals surface area contributed by atoms with Crippen LogP contribution in [0, 0.1) is 6.92 Å². The number of halogens is 1. The molecule has 1 amide bonds. The van der Waals surface area contributed by atoms with Crippen LogP contribution in [-0.2, 0) is 0 Å². The molecular formula is C15H15BrN2O4. The van der Waals surface area contributed by atoms with Crippen LogP contribution >= 0.6 is 15.9 Å². The Morgan fingerprint density at radius 1 is 1.27 bits per heavy atom. The summed E-state index contributed by atoms with van der Waals surface area (Å²) in [6.45, 7) is 1.76. The van der Waals surface area contributed by atoms with Crippen molar-refractivity contribution in [2.75, 3.05) is 14.2 Å². The van der Waals surface area contributed by atoms with Gasteiger partial charge in [-0.05, 0) is 41.1 Å². The zero-order chi connectivity index (χ0) is 16.1. The SMILES string of the molecule is COc1cc(OC)c(C=NNC(=O)c2ccc(C)o2)cc1Br. The number of ether oxygens (including phenoxy) is 2. The summed E-state index contributed by atoms with van der Waals surface area (Å²) >= 11 is 3.39. The highest BCUT2D eigenvalue weighted by atomic mass is 79.9. The zero-order valence-corrected chi connectivity index (χ0v) is 13.9. The summed E-state index contributed by atoms with van der Waals surface area (Å²) in [5.41, 5.74) is 3.08. The monoisotopic (exact) mass is 366 g/mol. The molecular weight excluding hydrogens is 352 g/mol. The highest BCUT2D eigenvalue weighted by Crippen LogP contribution is 2.31. The fourth-order valence-corrected chi connectivity index (χ4v) is 2.28. The third kappa shape index (κ3) is 3.67. The number of rotatable bonds is 5. The lowest BCUT2D eigenvalue weighted by Gasteiger charge is -2.09. The molecule has 0 saturated carbocycles. The number of carbonyl (C=O) groups is 1. The van der Waals surface area contributed by atoms with Gasteiger partial charge in [-0.3, -0.25) is 4.79 Å². The number of carbonyl (C=O) groups excluding carboxylic acids is 1. The van der Waals surface area contributed by atoms with Gasteiger partial charge in [-0.15, -0.1) is 0 Å².